The molecule has 2 heterocycles. The number of carbonyl (C=O) groups excluding carboxylic acids is 1. The number of thiophene rings is 1. The second kappa shape index (κ2) is 9.79. The Kier molecular flexibility index (Phi) is 6.89. The van der Waals surface area contributed by atoms with Crippen molar-refractivity contribution in [2.75, 3.05) is 14.1 Å². The van der Waals surface area contributed by atoms with E-state index in [4.69, 9.17) is 0 Å². The number of hydrogen-bond acceptors (Lipinski definition) is 5. The van der Waals surface area contributed by atoms with Gasteiger partial charge >= 0.3 is 0 Å². The third-order valence-corrected chi connectivity index (χ3v) is 7.65. The van der Waals surface area contributed by atoms with Crippen LogP contribution in [-0.2, 0) is 11.2 Å². The van der Waals surface area contributed by atoms with E-state index in [1.165, 1.54) is 35.9 Å². The Hall–Kier alpha value is -2.12. The van der Waals surface area contributed by atoms with Gasteiger partial charge in [-0.1, -0.05) is 67.4 Å². The molecule has 0 radical (unpaired) electrons. The molecule has 1 atom stereocenters. The van der Waals surface area contributed by atoms with Crippen LogP contribution in [0, 0.1) is 0 Å². The monoisotopic (exact) mass is 440 g/mol. The fraction of sp³-hybridized carbons (Fsp3) is 0.435. The number of aromatic nitrogens is 3. The van der Waals surface area contributed by atoms with Crippen molar-refractivity contribution in [3.8, 4) is 0 Å². The highest BCUT2D eigenvalue weighted by molar-refractivity contribution is 8.00. The Bertz CT molecular complexity index is 947. The van der Waals surface area contributed by atoms with Crippen LogP contribution in [0.4, 0.5) is 0 Å². The van der Waals surface area contributed by atoms with Gasteiger partial charge in [0.25, 0.3) is 0 Å². The van der Waals surface area contributed by atoms with Crippen LogP contribution in [0.1, 0.15) is 59.7 Å². The molecule has 0 bridgehead atoms. The Morgan fingerprint density at radius 2 is 1.90 bits per heavy atom. The van der Waals surface area contributed by atoms with Crippen LogP contribution in [0.3, 0.4) is 0 Å². The molecular formula is C23H28N4OS2. The van der Waals surface area contributed by atoms with Gasteiger partial charge in [0, 0.05) is 31.4 Å². The summed E-state index contributed by atoms with van der Waals surface area (Å²) in [6.07, 6.45) is 6.88. The summed E-state index contributed by atoms with van der Waals surface area (Å²) in [6, 6.07) is 14.6. The van der Waals surface area contributed by atoms with Gasteiger partial charge in [-0.25, -0.2) is 0 Å². The van der Waals surface area contributed by atoms with E-state index in [1.54, 1.807) is 16.2 Å². The third-order valence-electron chi connectivity index (χ3n) is 5.58. The maximum atomic E-state index is 13.0. The predicted molar refractivity (Wildman–Crippen MR) is 123 cm³/mol. The van der Waals surface area contributed by atoms with Crippen molar-refractivity contribution in [2.45, 2.75) is 55.0 Å². The molecule has 0 aliphatic heterocycles. The molecule has 2 aromatic heterocycles. The molecule has 1 aliphatic carbocycles. The Morgan fingerprint density at radius 1 is 1.13 bits per heavy atom. The average Bonchev–Trinajstić information content (AvgIpc) is 3.43. The number of nitrogens with zero attached hydrogens (tertiary/aromatic N) is 4. The summed E-state index contributed by atoms with van der Waals surface area (Å²) in [5.41, 5.74) is 0.999. The van der Waals surface area contributed by atoms with Crippen molar-refractivity contribution in [3.05, 3.63) is 64.1 Å². The van der Waals surface area contributed by atoms with Crippen molar-refractivity contribution in [3.63, 3.8) is 0 Å². The van der Waals surface area contributed by atoms with E-state index in [9.17, 15) is 4.79 Å². The molecule has 0 spiro atoms. The number of rotatable bonds is 7. The summed E-state index contributed by atoms with van der Waals surface area (Å²) in [7, 11) is 3.62. The zero-order valence-electron chi connectivity index (χ0n) is 17.5. The quantitative estimate of drug-likeness (QED) is 0.464. The first-order valence-corrected chi connectivity index (χ1v) is 12.3. The fourth-order valence-electron chi connectivity index (χ4n) is 4.01. The summed E-state index contributed by atoms with van der Waals surface area (Å²) >= 11 is 3.29. The number of hydrogen-bond donors (Lipinski definition) is 0. The van der Waals surface area contributed by atoms with Crippen LogP contribution in [0.25, 0.3) is 0 Å². The number of carbonyl (C=O) groups is 1. The third kappa shape index (κ3) is 4.78. The molecule has 1 aromatic carbocycles. The summed E-state index contributed by atoms with van der Waals surface area (Å²) in [5.74, 6) is 1.08. The van der Waals surface area contributed by atoms with Gasteiger partial charge < -0.3 is 9.47 Å². The molecular weight excluding hydrogens is 412 g/mol. The molecule has 5 nitrogen and oxygen atoms in total. The van der Waals surface area contributed by atoms with Crippen molar-refractivity contribution < 1.29 is 4.79 Å². The lowest BCUT2D eigenvalue weighted by atomic mass is 9.95. The number of benzene rings is 1. The number of likely N-dealkylation sites (N-methyl/N-ethyl adjacent to an activating group) is 1. The van der Waals surface area contributed by atoms with Crippen LogP contribution in [0.2, 0.25) is 0 Å². The van der Waals surface area contributed by atoms with Crippen LogP contribution in [-0.4, -0.2) is 39.7 Å². The molecule has 0 N–H and O–H groups in total. The first-order chi connectivity index (χ1) is 14.6. The first kappa shape index (κ1) is 21.1. The minimum atomic E-state index is -0.331. The molecule has 7 heteroatoms. The molecule has 30 heavy (non-hydrogen) atoms. The maximum Gasteiger partial charge on any atom is 0.240 e. The molecule has 1 saturated carbocycles. The zero-order chi connectivity index (χ0) is 20.9. The van der Waals surface area contributed by atoms with E-state index in [0.29, 0.717) is 6.04 Å². The summed E-state index contributed by atoms with van der Waals surface area (Å²) < 4.78 is 2.34. The Labute approximate surface area is 186 Å². The minimum Gasteiger partial charge on any atom is -0.348 e. The van der Waals surface area contributed by atoms with Crippen LogP contribution < -0.4 is 0 Å². The van der Waals surface area contributed by atoms with Crippen molar-refractivity contribution in [1.82, 2.24) is 19.7 Å². The van der Waals surface area contributed by atoms with E-state index in [-0.39, 0.29) is 11.2 Å². The van der Waals surface area contributed by atoms with Gasteiger partial charge in [-0.05, 0) is 29.9 Å². The van der Waals surface area contributed by atoms with Gasteiger partial charge in [0.15, 0.2) is 5.16 Å². The molecule has 1 unspecified atom stereocenters. The van der Waals surface area contributed by atoms with E-state index in [1.807, 2.05) is 44.4 Å². The highest BCUT2D eigenvalue weighted by atomic mass is 32.2. The number of amides is 1. The standard InChI is InChI=1S/C23H28N4OS2/c1-26(2)22(28)21(17-10-5-3-6-11-17)30-23-25-24-20(16-19-14-9-15-29-19)27(23)18-12-7-4-8-13-18/h3,5-6,9-11,14-15,18,21H,4,7-8,12-13,16H2,1-2H3. The SMILES string of the molecule is CN(C)C(=O)C(Sc1nnc(Cc2cccs2)n1C1CCCCC1)c1ccccc1. The number of thioether (sulfide) groups is 1. The molecule has 4 rings (SSSR count). The van der Waals surface area contributed by atoms with Gasteiger partial charge in [-0.2, -0.15) is 0 Å². The Morgan fingerprint density at radius 3 is 2.57 bits per heavy atom. The zero-order valence-corrected chi connectivity index (χ0v) is 19.2. The fourth-order valence-corrected chi connectivity index (χ4v) is 5.99. The lowest BCUT2D eigenvalue weighted by Gasteiger charge is -2.27. The normalized spacial score (nSPS) is 15.8. The van der Waals surface area contributed by atoms with Crippen LogP contribution in [0.15, 0.2) is 53.0 Å². The van der Waals surface area contributed by atoms with Gasteiger partial charge in [0.2, 0.25) is 5.91 Å². The summed E-state index contributed by atoms with van der Waals surface area (Å²) in [4.78, 5) is 16.0. The summed E-state index contributed by atoms with van der Waals surface area (Å²) in [5, 5.41) is 11.8. The lowest BCUT2D eigenvalue weighted by molar-refractivity contribution is -0.128. The average molecular weight is 441 g/mol. The minimum absolute atomic E-state index is 0.0733. The van der Waals surface area contributed by atoms with Crippen molar-refractivity contribution in [1.29, 1.82) is 0 Å². The summed E-state index contributed by atoms with van der Waals surface area (Å²) in [6.45, 7) is 0. The smallest absolute Gasteiger partial charge is 0.240 e. The molecule has 0 saturated heterocycles. The van der Waals surface area contributed by atoms with Gasteiger partial charge in [-0.3, -0.25) is 4.79 Å². The van der Waals surface area contributed by atoms with Crippen LogP contribution >= 0.6 is 23.1 Å². The van der Waals surface area contributed by atoms with E-state index in [0.717, 1.165) is 35.8 Å². The van der Waals surface area contributed by atoms with E-state index < -0.39 is 0 Å². The molecule has 3 aromatic rings. The van der Waals surface area contributed by atoms with E-state index in [2.05, 4.69) is 32.3 Å². The highest BCUT2D eigenvalue weighted by Gasteiger charge is 2.29. The van der Waals surface area contributed by atoms with Gasteiger partial charge in [0.05, 0.1) is 0 Å². The molecule has 1 aliphatic rings. The first-order valence-electron chi connectivity index (χ1n) is 10.5. The molecule has 1 fully saturated rings. The topological polar surface area (TPSA) is 51.0 Å². The molecule has 158 valence electrons. The predicted octanol–water partition coefficient (Wildman–Crippen LogP) is 5.36. The van der Waals surface area contributed by atoms with Crippen molar-refractivity contribution in [2.24, 2.45) is 0 Å². The Balaban J connectivity index is 1.69. The van der Waals surface area contributed by atoms with E-state index >= 15 is 0 Å². The lowest BCUT2D eigenvalue weighted by Crippen LogP contribution is -2.27. The largest absolute Gasteiger partial charge is 0.348 e. The maximum absolute atomic E-state index is 13.0. The van der Waals surface area contributed by atoms with Gasteiger partial charge in [-0.15, -0.1) is 21.5 Å². The van der Waals surface area contributed by atoms with Gasteiger partial charge in [0.1, 0.15) is 11.1 Å². The second-order valence-electron chi connectivity index (χ2n) is 7.96. The highest BCUT2D eigenvalue weighted by Crippen LogP contribution is 2.39. The molecule has 1 amide bonds. The van der Waals surface area contributed by atoms with Crippen LogP contribution in [0.5, 0.6) is 0 Å². The van der Waals surface area contributed by atoms with Crippen molar-refractivity contribution >= 4 is 29.0 Å². The second-order valence-corrected chi connectivity index (χ2v) is 10.1.